The molecule has 2 saturated heterocycles. The van der Waals surface area contributed by atoms with Crippen molar-refractivity contribution in [2.75, 3.05) is 26.8 Å². The first-order valence-electron chi connectivity index (χ1n) is 15.4. The second-order valence-electron chi connectivity index (χ2n) is 13.1. The second kappa shape index (κ2) is 13.5. The first-order chi connectivity index (χ1) is 20.3. The minimum Gasteiger partial charge on any atom is -0.436 e. The average molecular weight is 626 g/mol. The molecule has 1 saturated carbocycles. The third kappa shape index (κ3) is 8.07. The molecule has 14 heteroatoms. The largest absolute Gasteiger partial charge is 0.436 e. The number of hydrogen-bond acceptors (Lipinski definition) is 8. The summed E-state index contributed by atoms with van der Waals surface area (Å²) in [5.41, 5.74) is -2.00. The van der Waals surface area contributed by atoms with Gasteiger partial charge in [0.1, 0.15) is 11.6 Å². The molecule has 43 heavy (non-hydrogen) atoms. The summed E-state index contributed by atoms with van der Waals surface area (Å²) >= 11 is 0. The molecule has 4 rings (SSSR count). The van der Waals surface area contributed by atoms with Gasteiger partial charge < -0.3 is 25.0 Å². The zero-order valence-corrected chi connectivity index (χ0v) is 26.5. The lowest BCUT2D eigenvalue weighted by Crippen LogP contribution is -2.58. The Morgan fingerprint density at radius 2 is 1.81 bits per heavy atom. The van der Waals surface area contributed by atoms with E-state index in [2.05, 4.69) is 15.4 Å². The zero-order valence-electron chi connectivity index (χ0n) is 25.7. The number of hydrogen-bond donors (Lipinski definition) is 3. The molecule has 0 radical (unpaired) electrons. The summed E-state index contributed by atoms with van der Waals surface area (Å²) in [7, 11) is -2.67. The van der Waals surface area contributed by atoms with Crippen LogP contribution in [0, 0.1) is 5.92 Å². The number of ether oxygens (including phenoxy) is 2. The van der Waals surface area contributed by atoms with Crippen LogP contribution in [0.1, 0.15) is 85.0 Å². The van der Waals surface area contributed by atoms with E-state index in [-0.39, 0.29) is 31.5 Å². The fourth-order valence-electron chi connectivity index (χ4n) is 6.25. The smallest absolute Gasteiger partial charge is 0.408 e. The van der Waals surface area contributed by atoms with Gasteiger partial charge in [-0.1, -0.05) is 18.6 Å². The van der Waals surface area contributed by atoms with Gasteiger partial charge in [-0.15, -0.1) is 0 Å². The minimum atomic E-state index is -4.17. The molecule has 0 bridgehead atoms. The Morgan fingerprint density at radius 3 is 2.53 bits per heavy atom. The second-order valence-corrected chi connectivity index (χ2v) is 14.7. The monoisotopic (exact) mass is 625 g/mol. The van der Waals surface area contributed by atoms with Gasteiger partial charge in [0.2, 0.25) is 5.91 Å². The lowest BCUT2D eigenvalue weighted by molar-refractivity contribution is -0.146. The third-order valence-corrected chi connectivity index (χ3v) is 10.1. The molecule has 242 valence electrons. The summed E-state index contributed by atoms with van der Waals surface area (Å²) < 4.78 is 40.8. The summed E-state index contributed by atoms with van der Waals surface area (Å²) in [4.78, 5) is 55.0. The Bertz CT molecular complexity index is 1200. The summed E-state index contributed by atoms with van der Waals surface area (Å²) in [6.45, 7) is 6.24. The maximum absolute atomic E-state index is 13.7. The Morgan fingerprint density at radius 1 is 1.07 bits per heavy atom. The van der Waals surface area contributed by atoms with Gasteiger partial charge in [-0.3, -0.25) is 14.4 Å². The highest BCUT2D eigenvalue weighted by Gasteiger charge is 2.61. The number of alkyl carbamates (subject to hydrolysis) is 1. The lowest BCUT2D eigenvalue weighted by Gasteiger charge is -2.30. The fraction of sp³-hybridized carbons (Fsp3) is 0.793. The van der Waals surface area contributed by atoms with Gasteiger partial charge in [-0.05, 0) is 78.6 Å². The number of carbonyl (C=O) groups excluding carboxylic acids is 4. The van der Waals surface area contributed by atoms with E-state index in [1.54, 1.807) is 0 Å². The van der Waals surface area contributed by atoms with E-state index in [1.165, 1.54) is 16.3 Å². The highest BCUT2D eigenvalue weighted by molar-refractivity contribution is 7.87. The van der Waals surface area contributed by atoms with Crippen molar-refractivity contribution in [1.29, 1.82) is 0 Å². The number of nitrogens with zero attached hydrogens (tertiary/aromatic N) is 2. The van der Waals surface area contributed by atoms with Crippen LogP contribution >= 0.6 is 0 Å². The maximum atomic E-state index is 13.7. The standard InChI is InChI=1S/C29H47N5O8S/c1-28(2,3)31-27(38)42-23-15-9-7-5-6-8-12-20-18-29(20,30-24(35)22-14-11-16-33(22)25(23)36)26(37)32-43(39,40)34-17-10-13-21(34)19-41-4/h8,12,20-23H,5-7,9-11,13-19H2,1-4H3,(H,30,35)(H,31,38)(H,32,37)/t20-,21+,22+,23+,29-/m1/s1. The predicted molar refractivity (Wildman–Crippen MR) is 158 cm³/mol. The van der Waals surface area contributed by atoms with Gasteiger partial charge >= 0.3 is 16.3 Å². The van der Waals surface area contributed by atoms with Gasteiger partial charge in [-0.2, -0.15) is 12.7 Å². The van der Waals surface area contributed by atoms with Crippen LogP contribution in [-0.2, 0) is 34.1 Å². The number of methoxy groups -OCH3 is 1. The average Bonchev–Trinajstić information content (AvgIpc) is 3.23. The summed E-state index contributed by atoms with van der Waals surface area (Å²) in [6, 6.07) is -1.24. The van der Waals surface area contributed by atoms with Crippen LogP contribution in [0.3, 0.4) is 0 Å². The molecule has 0 aromatic rings. The normalized spacial score (nSPS) is 30.8. The Balaban J connectivity index is 1.54. The van der Waals surface area contributed by atoms with Crippen molar-refractivity contribution in [2.45, 2.75) is 114 Å². The molecule has 1 aliphatic carbocycles. The molecule has 3 aliphatic heterocycles. The summed E-state index contributed by atoms with van der Waals surface area (Å²) in [5.74, 6) is -2.14. The van der Waals surface area contributed by atoms with Crippen molar-refractivity contribution in [1.82, 2.24) is 24.6 Å². The quantitative estimate of drug-likeness (QED) is 0.376. The molecule has 4 amide bonds. The number of allylic oxidation sites excluding steroid dienone is 1. The van der Waals surface area contributed by atoms with E-state index in [4.69, 9.17) is 9.47 Å². The molecule has 5 atom stereocenters. The number of nitrogens with one attached hydrogen (secondary N) is 3. The van der Waals surface area contributed by atoms with Crippen LogP contribution < -0.4 is 15.4 Å². The van der Waals surface area contributed by atoms with Crippen LogP contribution in [-0.4, -0.2) is 97.5 Å². The lowest BCUT2D eigenvalue weighted by atomic mass is 10.1. The van der Waals surface area contributed by atoms with Crippen LogP contribution in [0.5, 0.6) is 0 Å². The summed E-state index contributed by atoms with van der Waals surface area (Å²) in [5, 5.41) is 5.56. The third-order valence-electron chi connectivity index (χ3n) is 8.52. The predicted octanol–water partition coefficient (Wildman–Crippen LogP) is 1.74. The van der Waals surface area contributed by atoms with E-state index in [0.29, 0.717) is 51.5 Å². The molecular formula is C29H47N5O8S. The molecular weight excluding hydrogens is 578 g/mol. The van der Waals surface area contributed by atoms with Crippen molar-refractivity contribution < 1.29 is 37.1 Å². The topological polar surface area (TPSA) is 163 Å². The van der Waals surface area contributed by atoms with Crippen molar-refractivity contribution in [2.24, 2.45) is 5.92 Å². The molecule has 0 spiro atoms. The highest BCUT2D eigenvalue weighted by Crippen LogP contribution is 2.46. The highest BCUT2D eigenvalue weighted by atomic mass is 32.2. The van der Waals surface area contributed by atoms with Crippen molar-refractivity contribution in [3.05, 3.63) is 12.2 Å². The van der Waals surface area contributed by atoms with Crippen LogP contribution in [0.4, 0.5) is 4.79 Å². The van der Waals surface area contributed by atoms with Gasteiger partial charge in [0, 0.05) is 37.7 Å². The molecule has 3 N–H and O–H groups in total. The SMILES string of the molecule is COC[C@@H]1CCCN1S(=O)(=O)NC(=O)[C@@]12C[C@H]1C=CCCCCC[C@H](OC(=O)NC(C)(C)C)C(=O)N1CCC[C@H]1C(=O)N2. The summed E-state index contributed by atoms with van der Waals surface area (Å²) in [6.07, 6.45) is 7.87. The molecule has 4 aliphatic rings. The minimum absolute atomic E-state index is 0.219. The van der Waals surface area contributed by atoms with Crippen molar-refractivity contribution in [3.63, 3.8) is 0 Å². The van der Waals surface area contributed by atoms with Crippen molar-refractivity contribution >= 4 is 34.0 Å². The molecule has 3 heterocycles. The van der Waals surface area contributed by atoms with Crippen molar-refractivity contribution in [3.8, 4) is 0 Å². The molecule has 0 aromatic carbocycles. The number of rotatable bonds is 6. The van der Waals surface area contributed by atoms with Crippen LogP contribution in [0.2, 0.25) is 0 Å². The Hall–Kier alpha value is -2.71. The Labute approximate surface area is 254 Å². The van der Waals surface area contributed by atoms with Crippen LogP contribution in [0.15, 0.2) is 12.2 Å². The van der Waals surface area contributed by atoms with E-state index in [0.717, 1.165) is 12.8 Å². The molecule has 0 aromatic heterocycles. The van der Waals surface area contributed by atoms with Crippen LogP contribution in [0.25, 0.3) is 0 Å². The molecule has 3 fully saturated rings. The van der Waals surface area contributed by atoms with E-state index in [1.807, 2.05) is 32.9 Å². The maximum Gasteiger partial charge on any atom is 0.408 e. The number of carbonyl (C=O) groups is 4. The first-order valence-corrected chi connectivity index (χ1v) is 16.8. The first kappa shape index (κ1) is 33.2. The van der Waals surface area contributed by atoms with E-state index < -0.39 is 57.2 Å². The fourth-order valence-corrected chi connectivity index (χ4v) is 7.71. The van der Waals surface area contributed by atoms with Gasteiger partial charge in [0.05, 0.1) is 6.61 Å². The Kier molecular flexibility index (Phi) is 10.4. The molecule has 0 unspecified atom stereocenters. The van der Waals surface area contributed by atoms with Gasteiger partial charge in [0.25, 0.3) is 11.8 Å². The van der Waals surface area contributed by atoms with Gasteiger partial charge in [0.15, 0.2) is 6.10 Å². The molecule has 13 nitrogen and oxygen atoms in total. The number of fused-ring (bicyclic) bond motifs is 2. The zero-order chi connectivity index (χ0) is 31.4. The van der Waals surface area contributed by atoms with E-state index >= 15 is 0 Å². The van der Waals surface area contributed by atoms with E-state index in [9.17, 15) is 27.6 Å². The van der Waals surface area contributed by atoms with Gasteiger partial charge in [-0.25, -0.2) is 9.52 Å². The number of amides is 4.